The predicted octanol–water partition coefficient (Wildman–Crippen LogP) is 1.40. The molecule has 2 aromatic heterocycles. The molecule has 0 saturated carbocycles. The Balaban J connectivity index is 2.38. The van der Waals surface area contributed by atoms with Crippen LogP contribution >= 0.6 is 0 Å². The molecule has 96 valence electrons. The van der Waals surface area contributed by atoms with E-state index in [2.05, 4.69) is 15.1 Å². The maximum Gasteiger partial charge on any atom is 0.159 e. The summed E-state index contributed by atoms with van der Waals surface area (Å²) in [5.74, 6) is 1.66. The number of aromatic nitrogens is 4. The molecule has 2 heterocycles. The number of anilines is 1. The quantitative estimate of drug-likeness (QED) is 0.883. The van der Waals surface area contributed by atoms with E-state index < -0.39 is 0 Å². The number of nitrogens with two attached hydrogens (primary N) is 1. The van der Waals surface area contributed by atoms with E-state index in [0.29, 0.717) is 30.7 Å². The van der Waals surface area contributed by atoms with Crippen LogP contribution in [-0.2, 0) is 11.3 Å². The smallest absolute Gasteiger partial charge is 0.159 e. The molecule has 0 aliphatic rings. The SMILES string of the molecule is CCOCc1nc(N)cc(-n2nc(C)cc2C)n1. The predicted molar refractivity (Wildman–Crippen MR) is 68.4 cm³/mol. The zero-order valence-corrected chi connectivity index (χ0v) is 10.8. The van der Waals surface area contributed by atoms with Crippen LogP contribution in [0.1, 0.15) is 24.1 Å². The van der Waals surface area contributed by atoms with E-state index in [1.165, 1.54) is 0 Å². The molecule has 0 fully saturated rings. The average molecular weight is 247 g/mol. The van der Waals surface area contributed by atoms with Gasteiger partial charge in [-0.25, -0.2) is 14.6 Å². The van der Waals surface area contributed by atoms with Gasteiger partial charge in [0.2, 0.25) is 0 Å². The molecule has 0 radical (unpaired) electrons. The minimum absolute atomic E-state index is 0.355. The van der Waals surface area contributed by atoms with Crippen molar-refractivity contribution in [2.45, 2.75) is 27.4 Å². The van der Waals surface area contributed by atoms with Crippen molar-refractivity contribution >= 4 is 5.82 Å². The fourth-order valence-corrected chi connectivity index (χ4v) is 1.73. The summed E-state index contributed by atoms with van der Waals surface area (Å²) in [6, 6.07) is 3.69. The van der Waals surface area contributed by atoms with Crippen molar-refractivity contribution in [3.05, 3.63) is 29.3 Å². The Hall–Kier alpha value is -1.95. The van der Waals surface area contributed by atoms with Crippen molar-refractivity contribution in [1.82, 2.24) is 19.7 Å². The fraction of sp³-hybridized carbons (Fsp3) is 0.417. The summed E-state index contributed by atoms with van der Waals surface area (Å²) in [6.07, 6.45) is 0. The highest BCUT2D eigenvalue weighted by atomic mass is 16.5. The van der Waals surface area contributed by atoms with Crippen LogP contribution in [0.4, 0.5) is 5.82 Å². The number of hydrogen-bond donors (Lipinski definition) is 1. The molecule has 0 saturated heterocycles. The standard InChI is InChI=1S/C12H17N5O/c1-4-18-7-11-14-10(13)6-12(15-11)17-9(3)5-8(2)16-17/h5-6H,4,7H2,1-3H3,(H2,13,14,15). The Morgan fingerprint density at radius 3 is 2.67 bits per heavy atom. The van der Waals surface area contributed by atoms with Gasteiger partial charge in [-0.15, -0.1) is 0 Å². The second-order valence-corrected chi connectivity index (χ2v) is 4.04. The van der Waals surface area contributed by atoms with Gasteiger partial charge >= 0.3 is 0 Å². The van der Waals surface area contributed by atoms with Crippen molar-refractivity contribution < 1.29 is 4.74 Å². The maximum absolute atomic E-state index is 5.78. The second-order valence-electron chi connectivity index (χ2n) is 4.04. The van der Waals surface area contributed by atoms with Crippen LogP contribution < -0.4 is 5.73 Å². The zero-order chi connectivity index (χ0) is 13.1. The third-order valence-electron chi connectivity index (χ3n) is 2.44. The molecule has 6 heteroatoms. The Kier molecular flexibility index (Phi) is 3.57. The van der Waals surface area contributed by atoms with Crippen molar-refractivity contribution in [2.24, 2.45) is 0 Å². The highest BCUT2D eigenvalue weighted by Crippen LogP contribution is 2.12. The van der Waals surface area contributed by atoms with Crippen molar-refractivity contribution in [3.63, 3.8) is 0 Å². The Morgan fingerprint density at radius 1 is 1.28 bits per heavy atom. The normalized spacial score (nSPS) is 10.8. The van der Waals surface area contributed by atoms with Gasteiger partial charge in [-0.05, 0) is 26.8 Å². The summed E-state index contributed by atoms with van der Waals surface area (Å²) < 4.78 is 7.04. The Labute approximate surface area is 106 Å². The van der Waals surface area contributed by atoms with Gasteiger partial charge in [-0.1, -0.05) is 0 Å². The van der Waals surface area contributed by atoms with Crippen molar-refractivity contribution in [3.8, 4) is 5.82 Å². The minimum Gasteiger partial charge on any atom is -0.384 e. The number of nitrogens with zero attached hydrogens (tertiary/aromatic N) is 4. The third kappa shape index (κ3) is 2.65. The molecule has 0 aromatic carbocycles. The molecular formula is C12H17N5O. The second kappa shape index (κ2) is 5.14. The first kappa shape index (κ1) is 12.5. The first-order valence-corrected chi connectivity index (χ1v) is 5.85. The minimum atomic E-state index is 0.355. The largest absolute Gasteiger partial charge is 0.384 e. The first-order valence-electron chi connectivity index (χ1n) is 5.85. The van der Waals surface area contributed by atoms with Crippen molar-refractivity contribution in [2.75, 3.05) is 12.3 Å². The first-order chi connectivity index (χ1) is 8.60. The summed E-state index contributed by atoms with van der Waals surface area (Å²) in [5, 5.41) is 4.37. The van der Waals surface area contributed by atoms with Crippen LogP contribution in [0.2, 0.25) is 0 Å². The van der Waals surface area contributed by atoms with E-state index in [1.54, 1.807) is 10.7 Å². The summed E-state index contributed by atoms with van der Waals surface area (Å²) in [7, 11) is 0. The van der Waals surface area contributed by atoms with Gasteiger partial charge in [0.25, 0.3) is 0 Å². The molecule has 0 aliphatic carbocycles. The Bertz CT molecular complexity index is 549. The highest BCUT2D eigenvalue weighted by molar-refractivity contribution is 5.38. The highest BCUT2D eigenvalue weighted by Gasteiger charge is 2.08. The lowest BCUT2D eigenvalue weighted by Crippen LogP contribution is -2.09. The molecule has 2 rings (SSSR count). The molecule has 0 amide bonds. The summed E-state index contributed by atoms with van der Waals surface area (Å²) in [6.45, 7) is 6.81. The lowest BCUT2D eigenvalue weighted by Gasteiger charge is -2.07. The van der Waals surface area contributed by atoms with Gasteiger partial charge in [0.15, 0.2) is 11.6 Å². The van der Waals surface area contributed by atoms with Crippen LogP contribution in [0.5, 0.6) is 0 Å². The van der Waals surface area contributed by atoms with E-state index in [0.717, 1.165) is 11.4 Å². The molecule has 0 aliphatic heterocycles. The van der Waals surface area contributed by atoms with Gasteiger partial charge in [-0.3, -0.25) is 0 Å². The lowest BCUT2D eigenvalue weighted by atomic mass is 10.4. The monoisotopic (exact) mass is 247 g/mol. The molecule has 6 nitrogen and oxygen atoms in total. The summed E-state index contributed by atoms with van der Waals surface area (Å²) in [5.41, 5.74) is 7.73. The van der Waals surface area contributed by atoms with E-state index >= 15 is 0 Å². The van der Waals surface area contributed by atoms with Crippen LogP contribution in [0.15, 0.2) is 12.1 Å². The van der Waals surface area contributed by atoms with Gasteiger partial charge < -0.3 is 10.5 Å². The molecule has 2 aromatic rings. The van der Waals surface area contributed by atoms with E-state index in [1.807, 2.05) is 26.8 Å². The van der Waals surface area contributed by atoms with Gasteiger partial charge in [0.05, 0.1) is 5.69 Å². The van der Waals surface area contributed by atoms with Gasteiger partial charge in [0.1, 0.15) is 12.4 Å². The molecule has 18 heavy (non-hydrogen) atoms. The Morgan fingerprint density at radius 2 is 2.06 bits per heavy atom. The summed E-state index contributed by atoms with van der Waals surface area (Å²) in [4.78, 5) is 8.53. The van der Waals surface area contributed by atoms with Gasteiger partial charge in [-0.2, -0.15) is 5.10 Å². The zero-order valence-electron chi connectivity index (χ0n) is 10.8. The number of rotatable bonds is 4. The van der Waals surface area contributed by atoms with E-state index in [-0.39, 0.29) is 0 Å². The van der Waals surface area contributed by atoms with Crippen LogP contribution in [-0.4, -0.2) is 26.4 Å². The van der Waals surface area contributed by atoms with E-state index in [4.69, 9.17) is 10.5 Å². The molecule has 0 unspecified atom stereocenters. The van der Waals surface area contributed by atoms with E-state index in [9.17, 15) is 0 Å². The molecule has 0 spiro atoms. The van der Waals surface area contributed by atoms with Crippen LogP contribution in [0, 0.1) is 13.8 Å². The number of ether oxygens (including phenoxy) is 1. The third-order valence-corrected chi connectivity index (χ3v) is 2.44. The maximum atomic E-state index is 5.78. The molecule has 0 bridgehead atoms. The molecular weight excluding hydrogens is 230 g/mol. The van der Waals surface area contributed by atoms with Crippen LogP contribution in [0.3, 0.4) is 0 Å². The van der Waals surface area contributed by atoms with Crippen LogP contribution in [0.25, 0.3) is 5.82 Å². The van der Waals surface area contributed by atoms with Gasteiger partial charge in [0, 0.05) is 18.4 Å². The lowest BCUT2D eigenvalue weighted by molar-refractivity contribution is 0.128. The average Bonchev–Trinajstić information content (AvgIpc) is 2.65. The molecule has 0 atom stereocenters. The number of hydrogen-bond acceptors (Lipinski definition) is 5. The topological polar surface area (TPSA) is 78.9 Å². The fourth-order valence-electron chi connectivity index (χ4n) is 1.73. The number of nitrogen functional groups attached to an aromatic ring is 1. The van der Waals surface area contributed by atoms with Crippen molar-refractivity contribution in [1.29, 1.82) is 0 Å². The summed E-state index contributed by atoms with van der Waals surface area (Å²) >= 11 is 0. The number of aryl methyl sites for hydroxylation is 2. The molecule has 2 N–H and O–H groups in total.